The van der Waals surface area contributed by atoms with Crippen molar-refractivity contribution in [3.8, 4) is 5.75 Å². The number of nitrogens with zero attached hydrogens (tertiary/aromatic N) is 2. The van der Waals surface area contributed by atoms with Gasteiger partial charge in [0.15, 0.2) is 0 Å². The van der Waals surface area contributed by atoms with E-state index in [0.717, 1.165) is 12.3 Å². The normalized spacial score (nSPS) is 20.6. The van der Waals surface area contributed by atoms with Gasteiger partial charge in [0, 0.05) is 6.04 Å². The number of aromatic nitrogens is 1. The molecule has 1 unspecified atom stereocenters. The number of hydrogen-bond acceptors (Lipinski definition) is 4. The zero-order valence-corrected chi connectivity index (χ0v) is 11.4. The summed E-state index contributed by atoms with van der Waals surface area (Å²) in [5, 5.41) is 0. The Hall–Kier alpha value is -1.20. The number of piperidine rings is 1. The Balaban J connectivity index is 1.87. The zero-order chi connectivity index (χ0) is 13.0. The first-order valence-electron chi connectivity index (χ1n) is 6.25. The highest BCUT2D eigenvalue weighted by molar-refractivity contribution is 7.80. The van der Waals surface area contributed by atoms with Crippen molar-refractivity contribution in [1.82, 2.24) is 9.88 Å². The number of thiocarbonyl (C=S) groups is 1. The number of likely N-dealkylation sites (tertiary alicyclic amines) is 1. The molecule has 0 saturated carbocycles. The van der Waals surface area contributed by atoms with E-state index in [2.05, 4.69) is 16.9 Å². The van der Waals surface area contributed by atoms with E-state index in [1.807, 2.05) is 6.07 Å². The molecule has 1 saturated heterocycles. The van der Waals surface area contributed by atoms with Gasteiger partial charge in [-0.25, -0.2) is 4.98 Å². The smallest absolute Gasteiger partial charge is 0.137 e. The molecule has 1 aliphatic heterocycles. The van der Waals surface area contributed by atoms with E-state index in [1.54, 1.807) is 12.3 Å². The van der Waals surface area contributed by atoms with Crippen LogP contribution in [0.4, 0.5) is 0 Å². The number of likely N-dealkylation sites (N-methyl/N-ethyl adjacent to an activating group) is 1. The lowest BCUT2D eigenvalue weighted by Gasteiger charge is -2.32. The molecule has 98 valence electrons. The van der Waals surface area contributed by atoms with Gasteiger partial charge in [-0.1, -0.05) is 18.6 Å². The molecule has 1 aliphatic rings. The molecule has 1 fully saturated rings. The molecular formula is C13H19N3OS. The van der Waals surface area contributed by atoms with E-state index in [0.29, 0.717) is 23.3 Å². The maximum absolute atomic E-state index is 5.76. The van der Waals surface area contributed by atoms with Crippen LogP contribution in [0.1, 0.15) is 25.0 Å². The number of nitrogens with two attached hydrogens (primary N) is 1. The van der Waals surface area contributed by atoms with Gasteiger partial charge in [-0.05, 0) is 38.6 Å². The van der Waals surface area contributed by atoms with Crippen molar-refractivity contribution in [2.24, 2.45) is 5.73 Å². The highest BCUT2D eigenvalue weighted by atomic mass is 32.1. The Labute approximate surface area is 113 Å². The molecule has 0 radical (unpaired) electrons. The van der Waals surface area contributed by atoms with Gasteiger partial charge in [0.05, 0.1) is 11.9 Å². The van der Waals surface area contributed by atoms with E-state index in [-0.39, 0.29) is 0 Å². The zero-order valence-electron chi connectivity index (χ0n) is 10.6. The van der Waals surface area contributed by atoms with Crippen LogP contribution in [-0.2, 0) is 0 Å². The lowest BCUT2D eigenvalue weighted by Crippen LogP contribution is -2.40. The Morgan fingerprint density at radius 2 is 2.39 bits per heavy atom. The lowest BCUT2D eigenvalue weighted by molar-refractivity contribution is 0.125. The standard InChI is InChI=1S/C13H19N3OS/c1-16-7-3-2-4-10(16)9-17-11-5-6-12(13(14)18)15-8-11/h5-6,8,10H,2-4,7,9H2,1H3,(H2,14,18). The molecule has 1 atom stereocenters. The molecule has 2 heterocycles. The number of hydrogen-bond donors (Lipinski definition) is 1. The summed E-state index contributed by atoms with van der Waals surface area (Å²) in [6.07, 6.45) is 5.46. The van der Waals surface area contributed by atoms with Crippen molar-refractivity contribution in [3.05, 3.63) is 24.0 Å². The minimum absolute atomic E-state index is 0.313. The molecule has 0 bridgehead atoms. The molecule has 0 amide bonds. The first-order chi connectivity index (χ1) is 8.66. The predicted molar refractivity (Wildman–Crippen MR) is 75.9 cm³/mol. The average molecular weight is 265 g/mol. The average Bonchev–Trinajstić information content (AvgIpc) is 2.38. The van der Waals surface area contributed by atoms with Gasteiger partial charge >= 0.3 is 0 Å². The van der Waals surface area contributed by atoms with E-state index in [4.69, 9.17) is 22.7 Å². The fraction of sp³-hybridized carbons (Fsp3) is 0.538. The first-order valence-corrected chi connectivity index (χ1v) is 6.66. The van der Waals surface area contributed by atoms with Gasteiger partial charge in [-0.3, -0.25) is 0 Å². The second kappa shape index (κ2) is 6.11. The summed E-state index contributed by atoms with van der Waals surface area (Å²) in [5.74, 6) is 0.772. The van der Waals surface area contributed by atoms with E-state index >= 15 is 0 Å². The highest BCUT2D eigenvalue weighted by Crippen LogP contribution is 2.17. The van der Waals surface area contributed by atoms with Gasteiger partial charge in [-0.2, -0.15) is 0 Å². The number of pyridine rings is 1. The molecule has 2 rings (SSSR count). The molecule has 0 aromatic carbocycles. The van der Waals surface area contributed by atoms with E-state index in [1.165, 1.54) is 19.3 Å². The molecule has 0 aliphatic carbocycles. The SMILES string of the molecule is CN1CCCCC1COc1ccc(C(N)=S)nc1. The minimum Gasteiger partial charge on any atom is -0.490 e. The molecule has 5 heteroatoms. The summed E-state index contributed by atoms with van der Waals surface area (Å²) in [6.45, 7) is 1.87. The summed E-state index contributed by atoms with van der Waals surface area (Å²) in [6, 6.07) is 4.17. The van der Waals surface area contributed by atoms with Crippen molar-refractivity contribution >= 4 is 17.2 Å². The van der Waals surface area contributed by atoms with Crippen molar-refractivity contribution in [2.45, 2.75) is 25.3 Å². The number of rotatable bonds is 4. The molecule has 2 N–H and O–H groups in total. The van der Waals surface area contributed by atoms with Crippen LogP contribution >= 0.6 is 12.2 Å². The van der Waals surface area contributed by atoms with Gasteiger partial charge in [-0.15, -0.1) is 0 Å². The summed E-state index contributed by atoms with van der Waals surface area (Å²) in [7, 11) is 2.15. The lowest BCUT2D eigenvalue weighted by atomic mass is 10.0. The van der Waals surface area contributed by atoms with Crippen LogP contribution in [-0.4, -0.2) is 41.1 Å². The summed E-state index contributed by atoms with van der Waals surface area (Å²) < 4.78 is 5.76. The highest BCUT2D eigenvalue weighted by Gasteiger charge is 2.19. The van der Waals surface area contributed by atoms with Crippen LogP contribution in [0.25, 0.3) is 0 Å². The van der Waals surface area contributed by atoms with Gasteiger partial charge < -0.3 is 15.4 Å². The number of ether oxygens (including phenoxy) is 1. The minimum atomic E-state index is 0.313. The van der Waals surface area contributed by atoms with Crippen LogP contribution in [0.5, 0.6) is 5.75 Å². The molecule has 0 spiro atoms. The maximum Gasteiger partial charge on any atom is 0.137 e. The van der Waals surface area contributed by atoms with Crippen molar-refractivity contribution in [1.29, 1.82) is 0 Å². The Morgan fingerprint density at radius 3 is 3.00 bits per heavy atom. The molecule has 18 heavy (non-hydrogen) atoms. The first kappa shape index (κ1) is 13.2. The third kappa shape index (κ3) is 3.40. The summed E-state index contributed by atoms with van der Waals surface area (Å²) >= 11 is 4.86. The van der Waals surface area contributed by atoms with Crippen LogP contribution in [0.15, 0.2) is 18.3 Å². The third-order valence-corrected chi connectivity index (χ3v) is 3.56. The van der Waals surface area contributed by atoms with Gasteiger partial charge in [0.1, 0.15) is 17.3 Å². The maximum atomic E-state index is 5.76. The molecular weight excluding hydrogens is 246 g/mol. The molecule has 1 aromatic heterocycles. The van der Waals surface area contributed by atoms with E-state index < -0.39 is 0 Å². The largest absolute Gasteiger partial charge is 0.490 e. The predicted octanol–water partition coefficient (Wildman–Crippen LogP) is 1.58. The van der Waals surface area contributed by atoms with Gasteiger partial charge in [0.2, 0.25) is 0 Å². The van der Waals surface area contributed by atoms with Crippen LogP contribution in [0, 0.1) is 0 Å². The van der Waals surface area contributed by atoms with E-state index in [9.17, 15) is 0 Å². The molecule has 1 aromatic rings. The second-order valence-corrected chi connectivity index (χ2v) is 5.12. The fourth-order valence-electron chi connectivity index (χ4n) is 2.16. The Morgan fingerprint density at radius 1 is 1.56 bits per heavy atom. The third-order valence-electron chi connectivity index (χ3n) is 3.35. The fourth-order valence-corrected chi connectivity index (χ4v) is 2.28. The van der Waals surface area contributed by atoms with Crippen molar-refractivity contribution in [2.75, 3.05) is 20.2 Å². The summed E-state index contributed by atoms with van der Waals surface area (Å²) in [4.78, 5) is 6.83. The van der Waals surface area contributed by atoms with Crippen LogP contribution < -0.4 is 10.5 Å². The van der Waals surface area contributed by atoms with Crippen LogP contribution in [0.2, 0.25) is 0 Å². The summed E-state index contributed by atoms with van der Waals surface area (Å²) in [5.41, 5.74) is 6.13. The molecule has 4 nitrogen and oxygen atoms in total. The van der Waals surface area contributed by atoms with Crippen molar-refractivity contribution in [3.63, 3.8) is 0 Å². The van der Waals surface area contributed by atoms with Crippen LogP contribution in [0.3, 0.4) is 0 Å². The Bertz CT molecular complexity index is 407. The van der Waals surface area contributed by atoms with Gasteiger partial charge in [0.25, 0.3) is 0 Å². The monoisotopic (exact) mass is 265 g/mol. The second-order valence-electron chi connectivity index (χ2n) is 4.68. The topological polar surface area (TPSA) is 51.4 Å². The Kier molecular flexibility index (Phi) is 4.49. The quantitative estimate of drug-likeness (QED) is 0.838. The van der Waals surface area contributed by atoms with Crippen molar-refractivity contribution < 1.29 is 4.74 Å².